The van der Waals surface area contributed by atoms with E-state index in [4.69, 9.17) is 4.74 Å². The van der Waals surface area contributed by atoms with Crippen LogP contribution in [-0.4, -0.2) is 55.9 Å². The van der Waals surface area contributed by atoms with Crippen molar-refractivity contribution in [1.82, 2.24) is 15.5 Å². The molecule has 0 aromatic rings. The van der Waals surface area contributed by atoms with Gasteiger partial charge in [0.05, 0.1) is 0 Å². The van der Waals surface area contributed by atoms with Gasteiger partial charge in [-0.05, 0) is 46.2 Å². The van der Waals surface area contributed by atoms with Crippen LogP contribution in [0.15, 0.2) is 0 Å². The number of hydrogen-bond acceptors (Lipinski definition) is 4. The average molecular weight is 271 g/mol. The van der Waals surface area contributed by atoms with Crippen LogP contribution in [0.3, 0.4) is 0 Å². The highest BCUT2D eigenvalue weighted by atomic mass is 16.6. The van der Waals surface area contributed by atoms with Crippen molar-refractivity contribution in [3.63, 3.8) is 0 Å². The first-order valence-electron chi connectivity index (χ1n) is 7.30. The number of nitrogens with one attached hydrogen (secondary N) is 2. The van der Waals surface area contributed by atoms with E-state index in [1.54, 1.807) is 0 Å². The summed E-state index contributed by atoms with van der Waals surface area (Å²) < 4.78 is 5.23. The number of carbonyl (C=O) groups is 1. The van der Waals surface area contributed by atoms with Crippen molar-refractivity contribution in [2.75, 3.05) is 39.3 Å². The monoisotopic (exact) mass is 271 g/mol. The van der Waals surface area contributed by atoms with Gasteiger partial charge in [-0.3, -0.25) is 0 Å². The first kappa shape index (κ1) is 16.2. The molecule has 0 saturated carbocycles. The quantitative estimate of drug-likeness (QED) is 0.718. The number of carbonyl (C=O) groups excluding carboxylic acids is 1. The number of nitrogens with zero attached hydrogens (tertiary/aromatic N) is 1. The smallest absolute Gasteiger partial charge is 0.407 e. The Morgan fingerprint density at radius 1 is 1.42 bits per heavy atom. The van der Waals surface area contributed by atoms with E-state index in [0.29, 0.717) is 12.5 Å². The van der Waals surface area contributed by atoms with Crippen LogP contribution in [0, 0.1) is 5.92 Å². The summed E-state index contributed by atoms with van der Waals surface area (Å²) in [5.74, 6) is 0.550. The third kappa shape index (κ3) is 7.38. The Hall–Kier alpha value is -0.810. The average Bonchev–Trinajstić information content (AvgIpc) is 2.72. The topological polar surface area (TPSA) is 53.6 Å². The number of alkyl carbamates (subject to hydrolysis) is 1. The maximum absolute atomic E-state index is 11.6. The van der Waals surface area contributed by atoms with E-state index in [1.165, 1.54) is 0 Å². The van der Waals surface area contributed by atoms with Gasteiger partial charge in [0.15, 0.2) is 0 Å². The zero-order chi connectivity index (χ0) is 14.3. The molecule has 0 radical (unpaired) electrons. The lowest BCUT2D eigenvalue weighted by Gasteiger charge is -2.21. The molecule has 1 fully saturated rings. The van der Waals surface area contributed by atoms with E-state index in [2.05, 4.69) is 22.5 Å². The summed E-state index contributed by atoms with van der Waals surface area (Å²) in [5, 5.41) is 6.20. The van der Waals surface area contributed by atoms with Crippen molar-refractivity contribution >= 4 is 6.09 Å². The van der Waals surface area contributed by atoms with Gasteiger partial charge in [0, 0.05) is 26.2 Å². The van der Waals surface area contributed by atoms with Crippen LogP contribution >= 0.6 is 0 Å². The van der Waals surface area contributed by atoms with Gasteiger partial charge in [0.2, 0.25) is 0 Å². The maximum atomic E-state index is 11.6. The first-order valence-corrected chi connectivity index (χ1v) is 7.30. The van der Waals surface area contributed by atoms with Crippen LogP contribution in [0.4, 0.5) is 4.79 Å². The van der Waals surface area contributed by atoms with Gasteiger partial charge in [-0.2, -0.15) is 0 Å². The molecule has 0 aromatic heterocycles. The number of hydrogen-bond donors (Lipinski definition) is 2. The van der Waals surface area contributed by atoms with Crippen molar-refractivity contribution in [3.05, 3.63) is 0 Å². The Labute approximate surface area is 117 Å². The number of ether oxygens (including phenoxy) is 1. The van der Waals surface area contributed by atoms with Gasteiger partial charge in [0.1, 0.15) is 5.60 Å². The zero-order valence-electron chi connectivity index (χ0n) is 12.8. The molecular formula is C14H29N3O2. The van der Waals surface area contributed by atoms with Crippen molar-refractivity contribution < 1.29 is 9.53 Å². The minimum Gasteiger partial charge on any atom is -0.444 e. The minimum atomic E-state index is -0.419. The fraction of sp³-hybridized carbons (Fsp3) is 0.929. The predicted octanol–water partition coefficient (Wildman–Crippen LogP) is 1.44. The van der Waals surface area contributed by atoms with Gasteiger partial charge >= 0.3 is 6.09 Å². The zero-order valence-corrected chi connectivity index (χ0v) is 12.8. The third-order valence-corrected chi connectivity index (χ3v) is 3.16. The summed E-state index contributed by atoms with van der Waals surface area (Å²) in [7, 11) is 0. The fourth-order valence-electron chi connectivity index (χ4n) is 2.24. The van der Waals surface area contributed by atoms with Crippen LogP contribution in [0.1, 0.15) is 34.1 Å². The molecule has 1 aliphatic heterocycles. The summed E-state index contributed by atoms with van der Waals surface area (Å²) in [6.45, 7) is 13.8. The van der Waals surface area contributed by atoms with E-state index in [0.717, 1.165) is 39.1 Å². The van der Waals surface area contributed by atoms with Gasteiger partial charge in [0.25, 0.3) is 0 Å². The van der Waals surface area contributed by atoms with Crippen LogP contribution in [0.5, 0.6) is 0 Å². The predicted molar refractivity (Wildman–Crippen MR) is 77.3 cm³/mol. The molecule has 0 aliphatic carbocycles. The Balaban J connectivity index is 2.13. The summed E-state index contributed by atoms with van der Waals surface area (Å²) in [6.07, 6.45) is 0.848. The van der Waals surface area contributed by atoms with Crippen LogP contribution in [0.25, 0.3) is 0 Å². The van der Waals surface area contributed by atoms with Crippen molar-refractivity contribution in [3.8, 4) is 0 Å². The van der Waals surface area contributed by atoms with Gasteiger partial charge in [-0.15, -0.1) is 0 Å². The molecular weight excluding hydrogens is 242 g/mol. The molecule has 5 nitrogen and oxygen atoms in total. The van der Waals surface area contributed by atoms with Crippen LogP contribution in [0.2, 0.25) is 0 Å². The van der Waals surface area contributed by atoms with Gasteiger partial charge in [-0.25, -0.2) is 4.79 Å². The second-order valence-electron chi connectivity index (χ2n) is 6.19. The molecule has 0 spiro atoms. The maximum Gasteiger partial charge on any atom is 0.407 e. The molecule has 1 rings (SSSR count). The Kier molecular flexibility index (Phi) is 6.58. The van der Waals surface area contributed by atoms with E-state index < -0.39 is 5.60 Å². The molecule has 5 heteroatoms. The lowest BCUT2D eigenvalue weighted by molar-refractivity contribution is 0.0519. The highest BCUT2D eigenvalue weighted by Gasteiger charge is 2.23. The summed E-state index contributed by atoms with van der Waals surface area (Å²) in [4.78, 5) is 14.0. The Morgan fingerprint density at radius 2 is 2.16 bits per heavy atom. The fourth-order valence-corrected chi connectivity index (χ4v) is 2.24. The molecule has 1 saturated heterocycles. The van der Waals surface area contributed by atoms with E-state index in [9.17, 15) is 4.79 Å². The second-order valence-corrected chi connectivity index (χ2v) is 6.19. The van der Waals surface area contributed by atoms with E-state index >= 15 is 0 Å². The SMILES string of the molecule is CCNCCN1CCC(CNC(=O)OC(C)(C)C)C1. The van der Waals surface area contributed by atoms with Crippen molar-refractivity contribution in [1.29, 1.82) is 0 Å². The lowest BCUT2D eigenvalue weighted by atomic mass is 10.1. The van der Waals surface area contributed by atoms with E-state index in [-0.39, 0.29) is 6.09 Å². The first-order chi connectivity index (χ1) is 8.90. The number of likely N-dealkylation sites (N-methyl/N-ethyl adjacent to an activating group) is 1. The highest BCUT2D eigenvalue weighted by Crippen LogP contribution is 2.15. The molecule has 2 N–H and O–H groups in total. The molecule has 1 amide bonds. The Bertz CT molecular complexity index is 276. The van der Waals surface area contributed by atoms with Crippen LogP contribution < -0.4 is 10.6 Å². The number of rotatable bonds is 6. The molecule has 1 heterocycles. The molecule has 112 valence electrons. The normalized spacial score (nSPS) is 20.5. The van der Waals surface area contributed by atoms with Gasteiger partial charge < -0.3 is 20.3 Å². The molecule has 0 aromatic carbocycles. The molecule has 1 unspecified atom stereocenters. The molecule has 0 bridgehead atoms. The molecule has 19 heavy (non-hydrogen) atoms. The molecule has 1 atom stereocenters. The summed E-state index contributed by atoms with van der Waals surface area (Å²) in [5.41, 5.74) is -0.419. The largest absolute Gasteiger partial charge is 0.444 e. The van der Waals surface area contributed by atoms with E-state index in [1.807, 2.05) is 20.8 Å². The lowest BCUT2D eigenvalue weighted by Crippen LogP contribution is -2.36. The van der Waals surface area contributed by atoms with Crippen molar-refractivity contribution in [2.24, 2.45) is 5.92 Å². The summed E-state index contributed by atoms with van der Waals surface area (Å²) in [6, 6.07) is 0. The van der Waals surface area contributed by atoms with Crippen LogP contribution in [-0.2, 0) is 4.74 Å². The van der Waals surface area contributed by atoms with Gasteiger partial charge in [-0.1, -0.05) is 6.92 Å². The minimum absolute atomic E-state index is 0.307. The second kappa shape index (κ2) is 7.70. The third-order valence-electron chi connectivity index (χ3n) is 3.16. The standard InChI is InChI=1S/C14H29N3O2/c1-5-15-7-9-17-8-6-12(11-17)10-16-13(18)19-14(2,3)4/h12,15H,5-11H2,1-4H3,(H,16,18). The van der Waals surface area contributed by atoms with Crippen molar-refractivity contribution in [2.45, 2.75) is 39.7 Å². The number of amides is 1. The molecule has 1 aliphatic rings. The Morgan fingerprint density at radius 3 is 2.79 bits per heavy atom. The summed E-state index contributed by atoms with van der Waals surface area (Å²) >= 11 is 0. The highest BCUT2D eigenvalue weighted by molar-refractivity contribution is 5.67. The number of likely N-dealkylation sites (tertiary alicyclic amines) is 1.